The van der Waals surface area contributed by atoms with Crippen molar-refractivity contribution < 1.29 is 0 Å². The van der Waals surface area contributed by atoms with Gasteiger partial charge in [-0.05, 0) is 56.5 Å². The van der Waals surface area contributed by atoms with Crippen molar-refractivity contribution in [3.05, 3.63) is 50.8 Å². The molecule has 0 radical (unpaired) electrons. The van der Waals surface area contributed by atoms with E-state index in [4.69, 9.17) is 28.3 Å². The van der Waals surface area contributed by atoms with Crippen LogP contribution in [0.3, 0.4) is 0 Å². The summed E-state index contributed by atoms with van der Waals surface area (Å²) in [5.74, 6) is 1.04. The fourth-order valence-electron chi connectivity index (χ4n) is 3.08. The molecule has 1 N–H and O–H groups in total. The standard InChI is InChI=1S/C18H17Cl2N3S/c1-11-5-8-16(24-11)17-13-4-2-3-9-21-18(13)23(22-17)15-10-12(19)6-7-14(15)20/h5-8,10,21H,2-4,9H2,1H3. The Morgan fingerprint density at radius 2 is 2.04 bits per heavy atom. The SMILES string of the molecule is Cc1ccc(-c2nn(-c3cc(Cl)ccc3Cl)c3c2CCCCN3)s1. The Bertz CT molecular complexity index is 898. The number of anilines is 1. The zero-order valence-electron chi connectivity index (χ0n) is 13.3. The Hall–Kier alpha value is -1.49. The van der Waals surface area contributed by atoms with Crippen LogP contribution in [0.4, 0.5) is 5.82 Å². The quantitative estimate of drug-likeness (QED) is 0.596. The van der Waals surface area contributed by atoms with E-state index in [0.29, 0.717) is 10.0 Å². The fraction of sp³-hybridized carbons (Fsp3) is 0.278. The number of benzene rings is 1. The van der Waals surface area contributed by atoms with Crippen LogP contribution < -0.4 is 5.32 Å². The third-order valence-corrected chi connectivity index (χ3v) is 5.80. The summed E-state index contributed by atoms with van der Waals surface area (Å²) in [6.07, 6.45) is 3.33. The molecule has 0 saturated heterocycles. The molecule has 0 atom stereocenters. The van der Waals surface area contributed by atoms with Gasteiger partial charge in [0, 0.05) is 22.0 Å². The molecule has 0 amide bonds. The van der Waals surface area contributed by atoms with Gasteiger partial charge < -0.3 is 5.32 Å². The largest absolute Gasteiger partial charge is 0.370 e. The van der Waals surface area contributed by atoms with E-state index >= 15 is 0 Å². The number of nitrogens with zero attached hydrogens (tertiary/aromatic N) is 2. The van der Waals surface area contributed by atoms with Gasteiger partial charge in [-0.15, -0.1) is 11.3 Å². The Morgan fingerprint density at radius 3 is 2.83 bits per heavy atom. The highest BCUT2D eigenvalue weighted by atomic mass is 35.5. The predicted molar refractivity (Wildman–Crippen MR) is 103 cm³/mol. The first kappa shape index (κ1) is 16.0. The second kappa shape index (κ2) is 6.43. The molecule has 3 aromatic rings. The summed E-state index contributed by atoms with van der Waals surface area (Å²) in [4.78, 5) is 2.49. The summed E-state index contributed by atoms with van der Waals surface area (Å²) < 4.78 is 1.92. The highest BCUT2D eigenvalue weighted by Crippen LogP contribution is 2.38. The van der Waals surface area contributed by atoms with Crippen LogP contribution >= 0.6 is 34.5 Å². The minimum atomic E-state index is 0.643. The van der Waals surface area contributed by atoms with Crippen molar-refractivity contribution in [2.45, 2.75) is 26.2 Å². The molecule has 0 bridgehead atoms. The molecule has 0 saturated carbocycles. The second-order valence-corrected chi connectivity index (χ2v) is 8.11. The number of nitrogens with one attached hydrogen (secondary N) is 1. The first-order valence-electron chi connectivity index (χ1n) is 8.01. The lowest BCUT2D eigenvalue weighted by Gasteiger charge is -2.11. The maximum absolute atomic E-state index is 6.43. The number of aryl methyl sites for hydroxylation is 1. The summed E-state index contributed by atoms with van der Waals surface area (Å²) in [5.41, 5.74) is 3.13. The zero-order chi connectivity index (χ0) is 16.7. The number of hydrogen-bond donors (Lipinski definition) is 1. The average molecular weight is 378 g/mol. The van der Waals surface area contributed by atoms with E-state index in [1.165, 1.54) is 15.3 Å². The highest BCUT2D eigenvalue weighted by molar-refractivity contribution is 7.15. The Morgan fingerprint density at radius 1 is 1.17 bits per heavy atom. The zero-order valence-corrected chi connectivity index (χ0v) is 15.6. The topological polar surface area (TPSA) is 29.9 Å². The van der Waals surface area contributed by atoms with Crippen LogP contribution in [0.15, 0.2) is 30.3 Å². The van der Waals surface area contributed by atoms with Crippen LogP contribution in [0.25, 0.3) is 16.3 Å². The molecular formula is C18H17Cl2N3S. The molecule has 6 heteroatoms. The molecule has 1 aromatic carbocycles. The van der Waals surface area contributed by atoms with E-state index in [9.17, 15) is 0 Å². The lowest BCUT2D eigenvalue weighted by molar-refractivity contribution is 0.780. The number of halogens is 2. The number of hydrogen-bond acceptors (Lipinski definition) is 3. The molecule has 0 spiro atoms. The van der Waals surface area contributed by atoms with Gasteiger partial charge >= 0.3 is 0 Å². The predicted octanol–water partition coefficient (Wildman–Crippen LogP) is 5.96. The molecule has 1 aliphatic heterocycles. The van der Waals surface area contributed by atoms with Crippen LogP contribution in [0, 0.1) is 6.92 Å². The van der Waals surface area contributed by atoms with Crippen molar-refractivity contribution in [1.29, 1.82) is 0 Å². The van der Waals surface area contributed by atoms with E-state index in [-0.39, 0.29) is 0 Å². The van der Waals surface area contributed by atoms with Gasteiger partial charge in [-0.1, -0.05) is 23.2 Å². The van der Waals surface area contributed by atoms with Crippen LogP contribution in [-0.4, -0.2) is 16.3 Å². The second-order valence-electron chi connectivity index (χ2n) is 5.98. The van der Waals surface area contributed by atoms with Gasteiger partial charge in [0.2, 0.25) is 0 Å². The Balaban J connectivity index is 1.94. The minimum absolute atomic E-state index is 0.643. The van der Waals surface area contributed by atoms with E-state index in [1.54, 1.807) is 17.4 Å². The van der Waals surface area contributed by atoms with E-state index in [1.807, 2.05) is 16.8 Å². The molecule has 4 rings (SSSR count). The van der Waals surface area contributed by atoms with Crippen molar-refractivity contribution in [2.75, 3.05) is 11.9 Å². The summed E-state index contributed by atoms with van der Waals surface area (Å²) in [7, 11) is 0. The van der Waals surface area contributed by atoms with Crippen LogP contribution in [0.5, 0.6) is 0 Å². The summed E-state index contributed by atoms with van der Waals surface area (Å²) >= 11 is 14.4. The molecule has 2 aromatic heterocycles. The average Bonchev–Trinajstić information content (AvgIpc) is 3.05. The normalized spacial score (nSPS) is 14.1. The van der Waals surface area contributed by atoms with Gasteiger partial charge in [-0.25, -0.2) is 4.68 Å². The van der Waals surface area contributed by atoms with Crippen LogP contribution in [-0.2, 0) is 6.42 Å². The van der Waals surface area contributed by atoms with Crippen molar-refractivity contribution in [3.8, 4) is 16.3 Å². The van der Waals surface area contributed by atoms with Crippen molar-refractivity contribution in [1.82, 2.24) is 9.78 Å². The maximum atomic E-state index is 6.43. The number of aromatic nitrogens is 2. The monoisotopic (exact) mass is 377 g/mol. The molecule has 0 fully saturated rings. The molecule has 24 heavy (non-hydrogen) atoms. The third kappa shape index (κ3) is 2.83. The van der Waals surface area contributed by atoms with E-state index in [0.717, 1.165) is 43.0 Å². The van der Waals surface area contributed by atoms with E-state index in [2.05, 4.69) is 24.4 Å². The molecule has 3 heterocycles. The number of thiophene rings is 1. The van der Waals surface area contributed by atoms with Gasteiger partial charge in [-0.2, -0.15) is 5.10 Å². The first-order chi connectivity index (χ1) is 11.6. The number of rotatable bonds is 2. The van der Waals surface area contributed by atoms with Gasteiger partial charge in [0.05, 0.1) is 15.6 Å². The Labute approximate surface area is 155 Å². The molecule has 0 unspecified atom stereocenters. The smallest absolute Gasteiger partial charge is 0.133 e. The van der Waals surface area contributed by atoms with Gasteiger partial charge in [0.15, 0.2) is 0 Å². The Kier molecular flexibility index (Phi) is 4.29. The number of fused-ring (bicyclic) bond motifs is 1. The minimum Gasteiger partial charge on any atom is -0.370 e. The van der Waals surface area contributed by atoms with Gasteiger partial charge in [-0.3, -0.25) is 0 Å². The summed E-state index contributed by atoms with van der Waals surface area (Å²) in [5, 5.41) is 9.75. The maximum Gasteiger partial charge on any atom is 0.133 e. The third-order valence-electron chi connectivity index (χ3n) is 4.24. The van der Waals surface area contributed by atoms with E-state index < -0.39 is 0 Å². The van der Waals surface area contributed by atoms with Crippen LogP contribution in [0.2, 0.25) is 10.0 Å². The molecule has 0 aliphatic carbocycles. The first-order valence-corrected chi connectivity index (χ1v) is 9.59. The molecule has 124 valence electrons. The van der Waals surface area contributed by atoms with Crippen LogP contribution in [0.1, 0.15) is 23.3 Å². The molecule has 1 aliphatic rings. The summed E-state index contributed by atoms with van der Waals surface area (Å²) in [6.45, 7) is 3.07. The van der Waals surface area contributed by atoms with Crippen molar-refractivity contribution >= 4 is 40.4 Å². The van der Waals surface area contributed by atoms with Crippen molar-refractivity contribution in [3.63, 3.8) is 0 Å². The highest BCUT2D eigenvalue weighted by Gasteiger charge is 2.23. The van der Waals surface area contributed by atoms with Gasteiger partial charge in [0.1, 0.15) is 11.5 Å². The van der Waals surface area contributed by atoms with Crippen molar-refractivity contribution in [2.24, 2.45) is 0 Å². The lowest BCUT2D eigenvalue weighted by Crippen LogP contribution is -2.07. The fourth-order valence-corrected chi connectivity index (χ4v) is 4.33. The lowest BCUT2D eigenvalue weighted by atomic mass is 10.1. The molecule has 3 nitrogen and oxygen atoms in total. The molecular weight excluding hydrogens is 361 g/mol. The van der Waals surface area contributed by atoms with Gasteiger partial charge in [0.25, 0.3) is 0 Å². The summed E-state index contributed by atoms with van der Waals surface area (Å²) in [6, 6.07) is 9.78.